The van der Waals surface area contributed by atoms with E-state index in [-0.39, 0.29) is 11.3 Å². The number of carboxylic acid groups (broad SMARTS) is 1. The number of hydrogen-bond acceptors (Lipinski definition) is 3. The van der Waals surface area contributed by atoms with Crippen LogP contribution in [-0.2, 0) is 14.8 Å². The van der Waals surface area contributed by atoms with Crippen molar-refractivity contribution < 1.29 is 18.3 Å². The Hall–Kier alpha value is -2.48. The molecule has 0 aliphatic heterocycles. The highest BCUT2D eigenvalue weighted by Crippen LogP contribution is 2.52. The van der Waals surface area contributed by atoms with Crippen molar-refractivity contribution in [2.24, 2.45) is 0 Å². The summed E-state index contributed by atoms with van der Waals surface area (Å²) in [6, 6.07) is 23.2. The molecule has 7 heteroatoms. The lowest BCUT2D eigenvalue weighted by atomic mass is 10.1. The molecule has 2 atom stereocenters. The van der Waals surface area contributed by atoms with Crippen molar-refractivity contribution >= 4 is 31.9 Å². The van der Waals surface area contributed by atoms with E-state index in [2.05, 4.69) is 20.7 Å². The minimum Gasteiger partial charge on any atom is -0.480 e. The van der Waals surface area contributed by atoms with Gasteiger partial charge in [-0.3, -0.25) is 4.79 Å². The van der Waals surface area contributed by atoms with Crippen LogP contribution in [0.5, 0.6) is 0 Å². The number of sulfonamides is 1. The normalized spacial score (nSPS) is 20.9. The van der Waals surface area contributed by atoms with Crippen LogP contribution in [0.15, 0.2) is 88.2 Å². The lowest BCUT2D eigenvalue weighted by Gasteiger charge is -2.16. The zero-order valence-electron chi connectivity index (χ0n) is 15.2. The number of benzene rings is 3. The minimum absolute atomic E-state index is 0.0395. The second-order valence-electron chi connectivity index (χ2n) is 7.08. The molecule has 3 aromatic rings. The summed E-state index contributed by atoms with van der Waals surface area (Å²) in [4.78, 5) is 12.0. The summed E-state index contributed by atoms with van der Waals surface area (Å²) in [5.74, 6) is -1.56. The van der Waals surface area contributed by atoms with Gasteiger partial charge in [0.15, 0.2) is 0 Å². The van der Waals surface area contributed by atoms with Crippen LogP contribution in [0.25, 0.3) is 11.1 Å². The first-order valence-corrected chi connectivity index (χ1v) is 11.3. The zero-order valence-corrected chi connectivity index (χ0v) is 17.7. The fraction of sp³-hybridized carbons (Fsp3) is 0.136. The molecular weight excluding hydrogens is 454 g/mol. The molecular formula is C22H18BrNO4S. The van der Waals surface area contributed by atoms with Crippen molar-refractivity contribution in [1.29, 1.82) is 0 Å². The van der Waals surface area contributed by atoms with Gasteiger partial charge in [-0.2, -0.15) is 4.72 Å². The van der Waals surface area contributed by atoms with E-state index in [0.29, 0.717) is 0 Å². The predicted octanol–water partition coefficient (Wildman–Crippen LogP) is 4.41. The molecule has 5 nitrogen and oxygen atoms in total. The smallest absolute Gasteiger partial charge is 0.325 e. The maximum atomic E-state index is 12.9. The summed E-state index contributed by atoms with van der Waals surface area (Å²) >= 11 is 3.39. The van der Waals surface area contributed by atoms with E-state index in [0.717, 1.165) is 21.2 Å². The summed E-state index contributed by atoms with van der Waals surface area (Å²) in [7, 11) is -3.99. The molecule has 0 heterocycles. The van der Waals surface area contributed by atoms with Crippen molar-refractivity contribution in [2.75, 3.05) is 0 Å². The molecule has 1 aliphatic carbocycles. The Morgan fingerprint density at radius 3 is 2.03 bits per heavy atom. The molecule has 1 fully saturated rings. The van der Waals surface area contributed by atoms with Crippen LogP contribution < -0.4 is 4.72 Å². The monoisotopic (exact) mass is 471 g/mol. The number of carbonyl (C=O) groups is 1. The van der Waals surface area contributed by atoms with Crippen molar-refractivity contribution in [2.45, 2.75) is 22.8 Å². The fourth-order valence-corrected chi connectivity index (χ4v) is 5.18. The van der Waals surface area contributed by atoms with E-state index in [1.165, 1.54) is 12.1 Å². The van der Waals surface area contributed by atoms with Crippen molar-refractivity contribution in [3.8, 4) is 11.1 Å². The van der Waals surface area contributed by atoms with Gasteiger partial charge in [0, 0.05) is 10.4 Å². The van der Waals surface area contributed by atoms with Crippen LogP contribution in [0.4, 0.5) is 0 Å². The predicted molar refractivity (Wildman–Crippen MR) is 114 cm³/mol. The third-order valence-electron chi connectivity index (χ3n) is 5.20. The summed E-state index contributed by atoms with van der Waals surface area (Å²) < 4.78 is 29.2. The van der Waals surface area contributed by atoms with E-state index in [9.17, 15) is 18.3 Å². The SMILES string of the molecule is O=C(O)[C@@]1(NS(=O)(=O)c2ccc(-c3ccc(Br)cc3)cc2)C[C@H]1c1ccccc1. The molecule has 0 aromatic heterocycles. The molecule has 4 rings (SSSR count). The van der Waals surface area contributed by atoms with E-state index < -0.39 is 27.4 Å². The number of rotatable bonds is 6. The Kier molecular flexibility index (Phi) is 5.06. The van der Waals surface area contributed by atoms with Crippen LogP contribution in [0.3, 0.4) is 0 Å². The van der Waals surface area contributed by atoms with E-state index in [1.807, 2.05) is 54.6 Å². The van der Waals surface area contributed by atoms with Crippen LogP contribution in [0.2, 0.25) is 0 Å². The molecule has 3 aromatic carbocycles. The zero-order chi connectivity index (χ0) is 20.6. The Morgan fingerprint density at radius 2 is 1.48 bits per heavy atom. The van der Waals surface area contributed by atoms with Crippen LogP contribution >= 0.6 is 15.9 Å². The topological polar surface area (TPSA) is 83.5 Å². The highest BCUT2D eigenvalue weighted by Gasteiger charge is 2.63. The Labute approximate surface area is 177 Å². The molecule has 0 unspecified atom stereocenters. The maximum Gasteiger partial charge on any atom is 0.325 e. The average Bonchev–Trinajstić information content (AvgIpc) is 3.44. The number of halogens is 1. The molecule has 0 radical (unpaired) electrons. The number of carboxylic acids is 1. The molecule has 0 spiro atoms. The summed E-state index contributed by atoms with van der Waals surface area (Å²) in [6.07, 6.45) is 0.225. The fourth-order valence-electron chi connectivity index (χ4n) is 3.51. The maximum absolute atomic E-state index is 12.9. The van der Waals surface area contributed by atoms with Crippen molar-refractivity contribution in [3.63, 3.8) is 0 Å². The van der Waals surface area contributed by atoms with Crippen molar-refractivity contribution in [3.05, 3.63) is 88.9 Å². The third-order valence-corrected chi connectivity index (χ3v) is 7.26. The summed E-state index contributed by atoms with van der Waals surface area (Å²) in [5.41, 5.74) is 1.13. The van der Waals surface area contributed by atoms with Gasteiger partial charge in [-0.15, -0.1) is 0 Å². The highest BCUT2D eigenvalue weighted by atomic mass is 79.9. The van der Waals surface area contributed by atoms with E-state index in [4.69, 9.17) is 0 Å². The van der Waals surface area contributed by atoms with Gasteiger partial charge in [0.25, 0.3) is 0 Å². The van der Waals surface area contributed by atoms with Crippen LogP contribution in [0.1, 0.15) is 17.9 Å². The second-order valence-corrected chi connectivity index (χ2v) is 9.68. The minimum atomic E-state index is -3.99. The molecule has 29 heavy (non-hydrogen) atoms. The third kappa shape index (κ3) is 3.85. The Morgan fingerprint density at radius 1 is 0.931 bits per heavy atom. The van der Waals surface area contributed by atoms with Crippen LogP contribution in [0, 0.1) is 0 Å². The van der Waals surface area contributed by atoms with Gasteiger partial charge in [0.2, 0.25) is 10.0 Å². The highest BCUT2D eigenvalue weighted by molar-refractivity contribution is 9.10. The molecule has 148 valence electrons. The van der Waals surface area contributed by atoms with Gasteiger partial charge in [-0.05, 0) is 47.4 Å². The van der Waals surface area contributed by atoms with E-state index >= 15 is 0 Å². The first-order valence-electron chi connectivity index (χ1n) is 9.00. The standard InChI is InChI=1S/C22H18BrNO4S/c23-18-10-6-15(7-11-18)16-8-12-19(13-9-16)29(27,28)24-22(21(25)26)14-20(22)17-4-2-1-3-5-17/h1-13,20,24H,14H2,(H,25,26)/t20-,22+/m0/s1. The first-order chi connectivity index (χ1) is 13.8. The molecule has 1 aliphatic rings. The number of aliphatic carboxylic acids is 1. The lowest BCUT2D eigenvalue weighted by Crippen LogP contribution is -2.44. The lowest BCUT2D eigenvalue weighted by molar-refractivity contribution is -0.140. The molecule has 0 bridgehead atoms. The summed E-state index contributed by atoms with van der Waals surface area (Å²) in [6.45, 7) is 0. The number of hydrogen-bond donors (Lipinski definition) is 2. The molecule has 1 saturated carbocycles. The van der Waals surface area contributed by atoms with Crippen LogP contribution in [-0.4, -0.2) is 25.0 Å². The largest absolute Gasteiger partial charge is 0.480 e. The first kappa shape index (κ1) is 19.8. The molecule has 0 amide bonds. The van der Waals surface area contributed by atoms with Gasteiger partial charge in [0.05, 0.1) is 4.90 Å². The number of nitrogens with one attached hydrogen (secondary N) is 1. The van der Waals surface area contributed by atoms with Gasteiger partial charge in [-0.25, -0.2) is 8.42 Å². The summed E-state index contributed by atoms with van der Waals surface area (Å²) in [5, 5.41) is 9.73. The molecule has 0 saturated heterocycles. The second kappa shape index (κ2) is 7.40. The van der Waals surface area contributed by atoms with Gasteiger partial charge in [-0.1, -0.05) is 70.5 Å². The Bertz CT molecular complexity index is 1150. The van der Waals surface area contributed by atoms with Gasteiger partial charge in [0.1, 0.15) is 5.54 Å². The quantitative estimate of drug-likeness (QED) is 0.557. The molecule has 2 N–H and O–H groups in total. The van der Waals surface area contributed by atoms with Crippen molar-refractivity contribution in [1.82, 2.24) is 4.72 Å². The Balaban J connectivity index is 1.58. The van der Waals surface area contributed by atoms with E-state index in [1.54, 1.807) is 12.1 Å². The van der Waals surface area contributed by atoms with Gasteiger partial charge >= 0.3 is 5.97 Å². The average molecular weight is 472 g/mol. The van der Waals surface area contributed by atoms with Gasteiger partial charge < -0.3 is 5.11 Å².